The molecule has 0 spiro atoms. The zero-order chi connectivity index (χ0) is 11.6. The van der Waals surface area contributed by atoms with Crippen molar-refractivity contribution < 1.29 is 14.0 Å². The fourth-order valence-electron chi connectivity index (χ4n) is 0.648. The molecular formula is C7H14ClN3O3S. The van der Waals surface area contributed by atoms with Gasteiger partial charge in [0.05, 0.1) is 32.7 Å². The third kappa shape index (κ3) is 13.8. The van der Waals surface area contributed by atoms with Gasteiger partial charge in [0.15, 0.2) is 0 Å². The minimum atomic E-state index is -2.48. The standard InChI is InChI=1S/C7H14ClN3O3S/c1-15(8,12)7-6-14-5-4-13-3-2-10-11-9/h1,12H,2-7H2. The van der Waals surface area contributed by atoms with Crippen LogP contribution in [-0.4, -0.2) is 43.3 Å². The molecule has 0 aromatic rings. The molecule has 8 heteroatoms. The molecule has 0 saturated carbocycles. The number of hydrogen-bond acceptors (Lipinski definition) is 4. The van der Waals surface area contributed by atoms with E-state index in [4.69, 9.17) is 36.5 Å². The average Bonchev–Trinajstić information content (AvgIpc) is 2.14. The van der Waals surface area contributed by atoms with Crippen LogP contribution in [0.15, 0.2) is 5.11 Å². The van der Waals surface area contributed by atoms with E-state index in [0.29, 0.717) is 33.0 Å². The Morgan fingerprint density at radius 2 is 1.93 bits per heavy atom. The molecule has 1 N–H and O–H groups in total. The molecule has 0 aliphatic heterocycles. The second-order valence-corrected chi connectivity index (χ2v) is 5.90. The van der Waals surface area contributed by atoms with Crippen molar-refractivity contribution >= 4 is 20.2 Å². The van der Waals surface area contributed by atoms with E-state index >= 15 is 0 Å². The van der Waals surface area contributed by atoms with E-state index in [2.05, 4.69) is 10.0 Å². The lowest BCUT2D eigenvalue weighted by Crippen LogP contribution is -2.10. The Kier molecular flexibility index (Phi) is 8.98. The monoisotopic (exact) mass is 255 g/mol. The predicted octanol–water partition coefficient (Wildman–Crippen LogP) is 2.43. The Morgan fingerprint density at radius 3 is 2.47 bits per heavy atom. The Balaban J connectivity index is 3.08. The fraction of sp³-hybridized carbons (Fsp3) is 0.857. The SMILES string of the molecule is [CH]S(O)(Cl)CCOCCOCCN=[N+]=[N-]. The van der Waals surface area contributed by atoms with E-state index in [1.54, 1.807) is 0 Å². The van der Waals surface area contributed by atoms with Crippen molar-refractivity contribution in [2.24, 2.45) is 5.11 Å². The molecule has 0 rings (SSSR count). The first-order valence-electron chi connectivity index (χ1n) is 4.23. The number of nitrogens with zero attached hydrogens (tertiary/aromatic N) is 3. The number of halogens is 1. The lowest BCUT2D eigenvalue weighted by atomic mass is 10.7. The highest BCUT2D eigenvalue weighted by Gasteiger charge is 2.08. The summed E-state index contributed by atoms with van der Waals surface area (Å²) < 4.78 is 19.1. The van der Waals surface area contributed by atoms with Crippen molar-refractivity contribution in [1.82, 2.24) is 0 Å². The summed E-state index contributed by atoms with van der Waals surface area (Å²) in [4.78, 5) is 2.57. The van der Waals surface area contributed by atoms with Crippen LogP contribution in [0.4, 0.5) is 0 Å². The topological polar surface area (TPSA) is 87.5 Å². The van der Waals surface area contributed by atoms with Crippen LogP contribution >= 0.6 is 20.2 Å². The zero-order valence-corrected chi connectivity index (χ0v) is 9.78. The molecule has 0 saturated heterocycles. The molecular weight excluding hydrogens is 242 g/mol. The van der Waals surface area contributed by atoms with Crippen LogP contribution in [0.3, 0.4) is 0 Å². The van der Waals surface area contributed by atoms with E-state index in [1.165, 1.54) is 0 Å². The Labute approximate surface area is 95.2 Å². The van der Waals surface area contributed by atoms with Crippen LogP contribution < -0.4 is 0 Å². The molecule has 0 fully saturated rings. The van der Waals surface area contributed by atoms with Gasteiger partial charge < -0.3 is 14.0 Å². The molecule has 1 unspecified atom stereocenters. The molecule has 15 heavy (non-hydrogen) atoms. The molecule has 1 atom stereocenters. The number of hydrogen-bond donors (Lipinski definition) is 1. The van der Waals surface area contributed by atoms with Gasteiger partial charge in [0.25, 0.3) is 0 Å². The van der Waals surface area contributed by atoms with Gasteiger partial charge >= 0.3 is 0 Å². The van der Waals surface area contributed by atoms with E-state index in [9.17, 15) is 0 Å². The van der Waals surface area contributed by atoms with Crippen LogP contribution in [-0.2, 0) is 9.47 Å². The molecule has 6 nitrogen and oxygen atoms in total. The van der Waals surface area contributed by atoms with Crippen molar-refractivity contribution in [2.45, 2.75) is 0 Å². The minimum Gasteiger partial charge on any atom is -0.379 e. The second kappa shape index (κ2) is 9.08. The molecule has 0 aromatic heterocycles. The predicted molar refractivity (Wildman–Crippen MR) is 60.9 cm³/mol. The summed E-state index contributed by atoms with van der Waals surface area (Å²) in [6.45, 7) is 1.77. The maximum atomic E-state index is 8.99. The Hall–Kier alpha value is -0.170. The first kappa shape index (κ1) is 14.8. The van der Waals surface area contributed by atoms with E-state index in [-0.39, 0.29) is 5.75 Å². The zero-order valence-electron chi connectivity index (χ0n) is 8.21. The number of ether oxygens (including phenoxy) is 2. The van der Waals surface area contributed by atoms with Crippen molar-refractivity contribution in [2.75, 3.05) is 38.7 Å². The minimum absolute atomic E-state index is 0.229. The Morgan fingerprint density at radius 1 is 1.33 bits per heavy atom. The van der Waals surface area contributed by atoms with Gasteiger partial charge in [0.1, 0.15) is 0 Å². The normalized spacial score (nSPS) is 16.5. The van der Waals surface area contributed by atoms with E-state index in [0.717, 1.165) is 0 Å². The van der Waals surface area contributed by atoms with Gasteiger partial charge in [-0.1, -0.05) is 14.6 Å². The summed E-state index contributed by atoms with van der Waals surface area (Å²) in [5.41, 5.74) is 7.95. The van der Waals surface area contributed by atoms with Gasteiger partial charge in [-0.05, 0) is 16.2 Å². The van der Waals surface area contributed by atoms with Gasteiger partial charge in [-0.3, -0.25) is 0 Å². The van der Waals surface area contributed by atoms with Gasteiger partial charge in [-0.25, -0.2) is 0 Å². The molecule has 0 amide bonds. The number of azide groups is 1. The molecule has 0 aromatic carbocycles. The van der Waals surface area contributed by atoms with Crippen LogP contribution in [0, 0.1) is 6.26 Å². The highest BCUT2D eigenvalue weighted by atomic mass is 35.7. The summed E-state index contributed by atoms with van der Waals surface area (Å²) in [6, 6.07) is 0. The van der Waals surface area contributed by atoms with Crippen LogP contribution in [0.1, 0.15) is 0 Å². The van der Waals surface area contributed by atoms with Gasteiger partial charge in [0.2, 0.25) is 0 Å². The molecule has 0 heterocycles. The largest absolute Gasteiger partial charge is 0.379 e. The average molecular weight is 256 g/mol. The maximum absolute atomic E-state index is 8.99. The Bertz CT molecular complexity index is 206. The quantitative estimate of drug-likeness (QED) is 0.297. The van der Waals surface area contributed by atoms with Gasteiger partial charge in [-0.15, -0.1) is 0 Å². The number of rotatable bonds is 9. The molecule has 0 aliphatic rings. The van der Waals surface area contributed by atoms with Crippen molar-refractivity contribution in [1.29, 1.82) is 0 Å². The summed E-state index contributed by atoms with van der Waals surface area (Å²) in [5.74, 6) is 0.229. The highest BCUT2D eigenvalue weighted by Crippen LogP contribution is 2.46. The van der Waals surface area contributed by atoms with Crippen molar-refractivity contribution in [3.05, 3.63) is 16.7 Å². The summed E-state index contributed by atoms with van der Waals surface area (Å²) in [5, 5.41) is 3.29. The molecule has 88 valence electrons. The van der Waals surface area contributed by atoms with Crippen LogP contribution in [0.25, 0.3) is 10.4 Å². The third-order valence-electron chi connectivity index (χ3n) is 1.28. The first-order valence-corrected chi connectivity index (χ1v) is 6.88. The van der Waals surface area contributed by atoms with Crippen molar-refractivity contribution in [3.63, 3.8) is 0 Å². The highest BCUT2D eigenvalue weighted by molar-refractivity contribution is 8.48. The van der Waals surface area contributed by atoms with E-state index in [1.807, 2.05) is 0 Å². The summed E-state index contributed by atoms with van der Waals surface area (Å²) in [7, 11) is 2.91. The second-order valence-electron chi connectivity index (χ2n) is 2.55. The lowest BCUT2D eigenvalue weighted by Gasteiger charge is -2.18. The summed E-state index contributed by atoms with van der Waals surface area (Å²) >= 11 is 0. The van der Waals surface area contributed by atoms with Gasteiger partial charge in [-0.2, -0.15) is 0 Å². The lowest BCUT2D eigenvalue weighted by molar-refractivity contribution is 0.0568. The first-order chi connectivity index (χ1) is 7.06. The van der Waals surface area contributed by atoms with Crippen molar-refractivity contribution in [3.8, 4) is 0 Å². The fourth-order valence-corrected chi connectivity index (χ4v) is 1.19. The van der Waals surface area contributed by atoms with E-state index < -0.39 is 9.52 Å². The summed E-state index contributed by atoms with van der Waals surface area (Å²) in [6.07, 6.45) is 5.18. The van der Waals surface area contributed by atoms with Crippen LogP contribution in [0.5, 0.6) is 0 Å². The molecule has 2 radical (unpaired) electrons. The third-order valence-corrected chi connectivity index (χ3v) is 2.49. The smallest absolute Gasteiger partial charge is 0.0700 e. The molecule has 0 aliphatic carbocycles. The van der Waals surface area contributed by atoms with Crippen LogP contribution in [0.2, 0.25) is 0 Å². The molecule has 0 bridgehead atoms. The van der Waals surface area contributed by atoms with Gasteiger partial charge in [0, 0.05) is 17.2 Å². The maximum Gasteiger partial charge on any atom is 0.0700 e.